The summed E-state index contributed by atoms with van der Waals surface area (Å²) < 4.78 is 0. The maximum atomic E-state index is 4.43. The first-order chi connectivity index (χ1) is 6.86. The van der Waals surface area contributed by atoms with Gasteiger partial charge in [-0.1, -0.05) is 37.8 Å². The molecule has 1 aromatic rings. The highest BCUT2D eigenvalue weighted by Gasteiger charge is 1.88. The summed E-state index contributed by atoms with van der Waals surface area (Å²) in [6.07, 6.45) is 6.84. The second-order valence-corrected chi connectivity index (χ2v) is 2.89. The summed E-state index contributed by atoms with van der Waals surface area (Å²) in [5.74, 6) is 0. The topological polar surface area (TPSA) is 12.4 Å². The van der Waals surface area contributed by atoms with E-state index in [4.69, 9.17) is 0 Å². The Hall–Kier alpha value is -1.63. The lowest BCUT2D eigenvalue weighted by atomic mass is 10.3. The highest BCUT2D eigenvalue weighted by atomic mass is 14.7. The summed E-state index contributed by atoms with van der Waals surface area (Å²) in [6, 6.07) is 9.88. The van der Waals surface area contributed by atoms with Gasteiger partial charge in [0, 0.05) is 0 Å². The maximum Gasteiger partial charge on any atom is 0.0636 e. The molecule has 72 valence electrons. The summed E-state index contributed by atoms with van der Waals surface area (Å²) in [4.78, 5) is 4.43. The van der Waals surface area contributed by atoms with Gasteiger partial charge in [-0.2, -0.15) is 0 Å². The van der Waals surface area contributed by atoms with Crippen molar-refractivity contribution >= 4 is 11.4 Å². The van der Waals surface area contributed by atoms with Crippen LogP contribution in [0.3, 0.4) is 0 Å². The number of hydrogen-bond donors (Lipinski definition) is 0. The molecule has 0 atom stereocenters. The van der Waals surface area contributed by atoms with E-state index < -0.39 is 0 Å². The Kier molecular flexibility index (Phi) is 4.42. The Balaban J connectivity index is 2.84. The average molecular weight is 185 g/mol. The van der Waals surface area contributed by atoms with Crippen LogP contribution < -0.4 is 0 Å². The molecule has 0 radical (unpaired) electrons. The number of para-hydroxylation sites is 1. The van der Waals surface area contributed by atoms with Crippen molar-refractivity contribution in [2.45, 2.75) is 13.3 Å². The molecule has 1 rings (SSSR count). The van der Waals surface area contributed by atoms with Crippen molar-refractivity contribution in [1.29, 1.82) is 0 Å². The summed E-state index contributed by atoms with van der Waals surface area (Å²) in [6.45, 7) is 5.83. The van der Waals surface area contributed by atoms with Gasteiger partial charge in [0.2, 0.25) is 0 Å². The molecule has 0 saturated carbocycles. The van der Waals surface area contributed by atoms with E-state index in [1.807, 2.05) is 36.4 Å². The molecule has 0 aliphatic carbocycles. The molecule has 0 unspecified atom stereocenters. The molecule has 0 bridgehead atoms. The summed E-state index contributed by atoms with van der Waals surface area (Å²) in [5, 5.41) is 0. The Morgan fingerprint density at radius 2 is 2.07 bits per heavy atom. The largest absolute Gasteiger partial charge is 0.249 e. The van der Waals surface area contributed by atoms with Gasteiger partial charge >= 0.3 is 0 Å². The highest BCUT2D eigenvalue weighted by Crippen LogP contribution is 2.10. The maximum absolute atomic E-state index is 4.43. The van der Waals surface area contributed by atoms with Crippen molar-refractivity contribution in [1.82, 2.24) is 0 Å². The normalized spacial score (nSPS) is 11.9. The molecule has 0 amide bonds. The lowest BCUT2D eigenvalue weighted by Crippen LogP contribution is -1.84. The lowest BCUT2D eigenvalue weighted by Gasteiger charge is -1.94. The third-order valence-electron chi connectivity index (χ3n) is 1.75. The second kappa shape index (κ2) is 5.92. The van der Waals surface area contributed by atoms with E-state index in [2.05, 4.69) is 24.6 Å². The van der Waals surface area contributed by atoms with Gasteiger partial charge < -0.3 is 0 Å². The first-order valence-corrected chi connectivity index (χ1v) is 4.79. The minimum absolute atomic E-state index is 0.901. The monoisotopic (exact) mass is 185 g/mol. The van der Waals surface area contributed by atoms with Crippen LogP contribution in [-0.4, -0.2) is 5.71 Å². The molecule has 0 N–H and O–H groups in total. The second-order valence-electron chi connectivity index (χ2n) is 2.89. The van der Waals surface area contributed by atoms with Gasteiger partial charge in [-0.05, 0) is 30.7 Å². The van der Waals surface area contributed by atoms with E-state index in [9.17, 15) is 0 Å². The van der Waals surface area contributed by atoms with E-state index in [0.717, 1.165) is 17.8 Å². The Morgan fingerprint density at radius 3 is 2.64 bits per heavy atom. The molecule has 1 aromatic carbocycles. The number of benzene rings is 1. The van der Waals surface area contributed by atoms with Gasteiger partial charge in [0.1, 0.15) is 0 Å². The van der Waals surface area contributed by atoms with Gasteiger partial charge in [-0.15, -0.1) is 0 Å². The molecule has 0 heterocycles. The van der Waals surface area contributed by atoms with Crippen molar-refractivity contribution in [3.8, 4) is 0 Å². The minimum Gasteiger partial charge on any atom is -0.249 e. The third-order valence-corrected chi connectivity index (χ3v) is 1.75. The van der Waals surface area contributed by atoms with Crippen LogP contribution in [0.4, 0.5) is 5.69 Å². The molecule has 14 heavy (non-hydrogen) atoms. The molecule has 1 nitrogen and oxygen atoms in total. The standard InChI is InChI=1S/C13H15N/c1-3-5-9-12(4-2)14-13-10-7-6-8-11-13/h4-11H,2-3H2,1H3/b9-5-,14-12?. The molecule has 0 fully saturated rings. The number of nitrogens with zero attached hydrogens (tertiary/aromatic N) is 1. The van der Waals surface area contributed by atoms with Gasteiger partial charge in [0.25, 0.3) is 0 Å². The van der Waals surface area contributed by atoms with Crippen molar-refractivity contribution in [3.05, 3.63) is 55.1 Å². The van der Waals surface area contributed by atoms with E-state index in [-0.39, 0.29) is 0 Å². The Bertz CT molecular complexity index is 334. The Morgan fingerprint density at radius 1 is 1.36 bits per heavy atom. The molecule has 1 heteroatoms. The fourth-order valence-electron chi connectivity index (χ4n) is 1.04. The zero-order valence-corrected chi connectivity index (χ0v) is 8.48. The zero-order chi connectivity index (χ0) is 10.2. The van der Waals surface area contributed by atoms with E-state index in [0.29, 0.717) is 0 Å². The predicted octanol–water partition coefficient (Wildman–Crippen LogP) is 3.91. The van der Waals surface area contributed by atoms with Crippen molar-refractivity contribution in [2.75, 3.05) is 0 Å². The van der Waals surface area contributed by atoms with Crippen LogP contribution in [0.2, 0.25) is 0 Å². The predicted molar refractivity (Wildman–Crippen MR) is 63.2 cm³/mol. The van der Waals surface area contributed by atoms with Gasteiger partial charge in [-0.3, -0.25) is 0 Å². The van der Waals surface area contributed by atoms with Crippen molar-refractivity contribution in [2.24, 2.45) is 4.99 Å². The summed E-state index contributed by atoms with van der Waals surface area (Å²) in [7, 11) is 0. The van der Waals surface area contributed by atoms with Gasteiger partial charge in [0.15, 0.2) is 0 Å². The fraction of sp³-hybridized carbons (Fsp3) is 0.154. The summed E-state index contributed by atoms with van der Waals surface area (Å²) in [5.41, 5.74) is 1.86. The molecule has 0 saturated heterocycles. The first kappa shape index (κ1) is 10.5. The molecule has 0 spiro atoms. The third kappa shape index (κ3) is 3.40. The van der Waals surface area contributed by atoms with Crippen LogP contribution in [0, 0.1) is 0 Å². The average Bonchev–Trinajstić information content (AvgIpc) is 2.25. The SMILES string of the molecule is C=CC(/C=C\CC)=Nc1ccccc1. The quantitative estimate of drug-likeness (QED) is 0.630. The fourth-order valence-corrected chi connectivity index (χ4v) is 1.04. The van der Waals surface area contributed by atoms with E-state index >= 15 is 0 Å². The van der Waals surface area contributed by atoms with Crippen LogP contribution in [0.5, 0.6) is 0 Å². The summed E-state index contributed by atoms with van der Waals surface area (Å²) >= 11 is 0. The van der Waals surface area contributed by atoms with Crippen molar-refractivity contribution in [3.63, 3.8) is 0 Å². The van der Waals surface area contributed by atoms with Gasteiger partial charge in [-0.25, -0.2) is 4.99 Å². The molecular formula is C13H15N. The lowest BCUT2D eigenvalue weighted by molar-refractivity contribution is 1.23. The zero-order valence-electron chi connectivity index (χ0n) is 8.48. The molecule has 0 aromatic heterocycles. The number of rotatable bonds is 4. The molecule has 0 aliphatic rings. The van der Waals surface area contributed by atoms with Crippen LogP contribution >= 0.6 is 0 Å². The minimum atomic E-state index is 0.901. The number of hydrogen-bond acceptors (Lipinski definition) is 1. The van der Waals surface area contributed by atoms with Crippen molar-refractivity contribution < 1.29 is 0 Å². The van der Waals surface area contributed by atoms with E-state index in [1.54, 1.807) is 6.08 Å². The number of allylic oxidation sites excluding steroid dienone is 3. The molecular weight excluding hydrogens is 170 g/mol. The van der Waals surface area contributed by atoms with Crippen LogP contribution in [0.1, 0.15) is 13.3 Å². The van der Waals surface area contributed by atoms with Gasteiger partial charge in [0.05, 0.1) is 11.4 Å². The molecule has 0 aliphatic heterocycles. The van der Waals surface area contributed by atoms with Crippen LogP contribution in [-0.2, 0) is 0 Å². The van der Waals surface area contributed by atoms with Crippen LogP contribution in [0.15, 0.2) is 60.1 Å². The van der Waals surface area contributed by atoms with Crippen LogP contribution in [0.25, 0.3) is 0 Å². The van der Waals surface area contributed by atoms with E-state index in [1.165, 1.54) is 0 Å². The first-order valence-electron chi connectivity index (χ1n) is 4.79. The highest BCUT2D eigenvalue weighted by molar-refractivity contribution is 6.04. The number of aliphatic imine (C=N–C) groups is 1. The smallest absolute Gasteiger partial charge is 0.0636 e. The Labute approximate surface area is 85.5 Å².